The van der Waals surface area contributed by atoms with E-state index in [1.54, 1.807) is 0 Å². The molecule has 2 nitrogen and oxygen atoms in total. The van der Waals surface area contributed by atoms with E-state index in [4.69, 9.17) is 5.73 Å². The maximum Gasteiger partial charge on any atom is 0.0424 e. The molecule has 0 saturated carbocycles. The SMILES string of the molecule is CCCc1ccc(C(N)CN2CCC(C)CC2)cc1. The summed E-state index contributed by atoms with van der Waals surface area (Å²) in [5, 5.41) is 0. The van der Waals surface area contributed by atoms with E-state index < -0.39 is 0 Å². The molecule has 1 unspecified atom stereocenters. The van der Waals surface area contributed by atoms with Crippen LogP contribution in [0.4, 0.5) is 0 Å². The second-order valence-electron chi connectivity index (χ2n) is 6.08. The number of nitrogens with zero attached hydrogens (tertiary/aromatic N) is 1. The molecule has 0 spiro atoms. The highest BCUT2D eigenvalue weighted by atomic mass is 15.1. The Kier molecular flexibility index (Phi) is 5.41. The Balaban J connectivity index is 1.86. The molecule has 2 rings (SSSR count). The third-order valence-electron chi connectivity index (χ3n) is 4.28. The highest BCUT2D eigenvalue weighted by molar-refractivity contribution is 5.25. The third kappa shape index (κ3) is 4.32. The Morgan fingerprint density at radius 2 is 1.84 bits per heavy atom. The Labute approximate surface area is 118 Å². The van der Waals surface area contributed by atoms with Crippen molar-refractivity contribution in [2.45, 2.75) is 45.6 Å². The van der Waals surface area contributed by atoms with Gasteiger partial charge < -0.3 is 10.6 Å². The molecule has 19 heavy (non-hydrogen) atoms. The Hall–Kier alpha value is -0.860. The summed E-state index contributed by atoms with van der Waals surface area (Å²) in [4.78, 5) is 2.52. The van der Waals surface area contributed by atoms with Crippen LogP contribution in [0.5, 0.6) is 0 Å². The van der Waals surface area contributed by atoms with E-state index >= 15 is 0 Å². The predicted octanol–water partition coefficient (Wildman–Crippen LogP) is 3.37. The fourth-order valence-corrected chi connectivity index (χ4v) is 2.85. The summed E-state index contributed by atoms with van der Waals surface area (Å²) >= 11 is 0. The van der Waals surface area contributed by atoms with Crippen LogP contribution in [-0.4, -0.2) is 24.5 Å². The summed E-state index contributed by atoms with van der Waals surface area (Å²) in [7, 11) is 0. The lowest BCUT2D eigenvalue weighted by Crippen LogP contribution is -2.38. The van der Waals surface area contributed by atoms with Gasteiger partial charge in [0.05, 0.1) is 0 Å². The van der Waals surface area contributed by atoms with Crippen molar-refractivity contribution in [2.24, 2.45) is 11.7 Å². The van der Waals surface area contributed by atoms with Gasteiger partial charge in [0.25, 0.3) is 0 Å². The minimum absolute atomic E-state index is 0.157. The van der Waals surface area contributed by atoms with E-state index in [0.717, 1.165) is 12.5 Å². The fraction of sp³-hybridized carbons (Fsp3) is 0.647. The highest BCUT2D eigenvalue weighted by Gasteiger charge is 2.18. The van der Waals surface area contributed by atoms with Crippen molar-refractivity contribution < 1.29 is 0 Å². The molecule has 0 radical (unpaired) electrons. The van der Waals surface area contributed by atoms with Crippen LogP contribution in [-0.2, 0) is 6.42 Å². The van der Waals surface area contributed by atoms with Crippen LogP contribution in [0.25, 0.3) is 0 Å². The summed E-state index contributed by atoms with van der Waals surface area (Å²) in [6, 6.07) is 9.04. The number of benzene rings is 1. The monoisotopic (exact) mass is 260 g/mol. The quantitative estimate of drug-likeness (QED) is 0.879. The number of nitrogens with two attached hydrogens (primary N) is 1. The van der Waals surface area contributed by atoms with Gasteiger partial charge in [0, 0.05) is 12.6 Å². The predicted molar refractivity (Wildman–Crippen MR) is 82.2 cm³/mol. The molecule has 1 aliphatic heterocycles. The Bertz CT molecular complexity index is 363. The summed E-state index contributed by atoms with van der Waals surface area (Å²) in [5.41, 5.74) is 9.04. The van der Waals surface area contributed by atoms with Gasteiger partial charge in [-0.15, -0.1) is 0 Å². The van der Waals surface area contributed by atoms with Gasteiger partial charge >= 0.3 is 0 Å². The van der Waals surface area contributed by atoms with Crippen LogP contribution < -0.4 is 5.73 Å². The van der Waals surface area contributed by atoms with Crippen molar-refractivity contribution >= 4 is 0 Å². The maximum atomic E-state index is 6.34. The molecule has 0 amide bonds. The molecule has 1 saturated heterocycles. The normalized spacial score (nSPS) is 19.5. The van der Waals surface area contributed by atoms with Crippen molar-refractivity contribution in [1.82, 2.24) is 4.90 Å². The lowest BCUT2D eigenvalue weighted by molar-refractivity contribution is 0.183. The standard InChI is InChI=1S/C17H28N2/c1-3-4-15-5-7-16(8-6-15)17(18)13-19-11-9-14(2)10-12-19/h5-8,14,17H,3-4,9-13,18H2,1-2H3. The second kappa shape index (κ2) is 7.06. The highest BCUT2D eigenvalue weighted by Crippen LogP contribution is 2.19. The number of hydrogen-bond donors (Lipinski definition) is 1. The zero-order valence-corrected chi connectivity index (χ0v) is 12.4. The molecular weight excluding hydrogens is 232 g/mol. The first-order chi connectivity index (χ1) is 9.19. The first-order valence-electron chi connectivity index (χ1n) is 7.75. The Morgan fingerprint density at radius 1 is 1.21 bits per heavy atom. The molecule has 1 aromatic carbocycles. The summed E-state index contributed by atoms with van der Waals surface area (Å²) in [6.45, 7) is 7.99. The third-order valence-corrected chi connectivity index (χ3v) is 4.28. The van der Waals surface area contributed by atoms with E-state index in [1.165, 1.54) is 49.9 Å². The number of piperidine rings is 1. The first-order valence-corrected chi connectivity index (χ1v) is 7.75. The molecule has 2 heteroatoms. The topological polar surface area (TPSA) is 29.3 Å². The number of aryl methyl sites for hydroxylation is 1. The zero-order chi connectivity index (χ0) is 13.7. The average Bonchev–Trinajstić information content (AvgIpc) is 2.42. The minimum Gasteiger partial charge on any atom is -0.323 e. The van der Waals surface area contributed by atoms with E-state index in [-0.39, 0.29) is 6.04 Å². The molecule has 1 heterocycles. The van der Waals surface area contributed by atoms with Crippen LogP contribution in [0.1, 0.15) is 50.3 Å². The van der Waals surface area contributed by atoms with Gasteiger partial charge in [-0.05, 0) is 49.4 Å². The van der Waals surface area contributed by atoms with Gasteiger partial charge in [0.2, 0.25) is 0 Å². The largest absolute Gasteiger partial charge is 0.323 e. The average molecular weight is 260 g/mol. The number of hydrogen-bond acceptors (Lipinski definition) is 2. The molecule has 106 valence electrons. The maximum absolute atomic E-state index is 6.34. The van der Waals surface area contributed by atoms with Crippen molar-refractivity contribution in [3.8, 4) is 0 Å². The Morgan fingerprint density at radius 3 is 2.42 bits per heavy atom. The van der Waals surface area contributed by atoms with E-state index in [2.05, 4.69) is 43.0 Å². The van der Waals surface area contributed by atoms with Gasteiger partial charge in [-0.1, -0.05) is 44.5 Å². The van der Waals surface area contributed by atoms with Crippen molar-refractivity contribution in [3.05, 3.63) is 35.4 Å². The molecule has 0 aromatic heterocycles. The minimum atomic E-state index is 0.157. The molecular formula is C17H28N2. The van der Waals surface area contributed by atoms with Crippen molar-refractivity contribution in [2.75, 3.05) is 19.6 Å². The van der Waals surface area contributed by atoms with Crippen LogP contribution in [0.2, 0.25) is 0 Å². The molecule has 0 aliphatic carbocycles. The van der Waals surface area contributed by atoms with Crippen LogP contribution >= 0.6 is 0 Å². The molecule has 0 bridgehead atoms. The molecule has 1 aromatic rings. The van der Waals surface area contributed by atoms with E-state index in [1.807, 2.05) is 0 Å². The van der Waals surface area contributed by atoms with E-state index in [9.17, 15) is 0 Å². The van der Waals surface area contributed by atoms with Gasteiger partial charge in [0.1, 0.15) is 0 Å². The van der Waals surface area contributed by atoms with Gasteiger partial charge in [0.15, 0.2) is 0 Å². The summed E-state index contributed by atoms with van der Waals surface area (Å²) < 4.78 is 0. The van der Waals surface area contributed by atoms with Gasteiger partial charge in [-0.25, -0.2) is 0 Å². The second-order valence-corrected chi connectivity index (χ2v) is 6.08. The smallest absolute Gasteiger partial charge is 0.0424 e. The molecule has 2 N–H and O–H groups in total. The fourth-order valence-electron chi connectivity index (χ4n) is 2.85. The van der Waals surface area contributed by atoms with Gasteiger partial charge in [-0.3, -0.25) is 0 Å². The van der Waals surface area contributed by atoms with Crippen LogP contribution in [0, 0.1) is 5.92 Å². The van der Waals surface area contributed by atoms with Crippen LogP contribution in [0.15, 0.2) is 24.3 Å². The summed E-state index contributed by atoms with van der Waals surface area (Å²) in [5.74, 6) is 0.890. The zero-order valence-electron chi connectivity index (χ0n) is 12.4. The molecule has 1 atom stereocenters. The number of rotatable bonds is 5. The van der Waals surface area contributed by atoms with Gasteiger partial charge in [-0.2, -0.15) is 0 Å². The van der Waals surface area contributed by atoms with Crippen molar-refractivity contribution in [3.63, 3.8) is 0 Å². The molecule has 1 aliphatic rings. The molecule has 1 fully saturated rings. The lowest BCUT2D eigenvalue weighted by Gasteiger charge is -2.32. The summed E-state index contributed by atoms with van der Waals surface area (Å²) in [6.07, 6.45) is 5.02. The lowest BCUT2D eigenvalue weighted by atomic mass is 9.98. The first kappa shape index (κ1) is 14.5. The van der Waals surface area contributed by atoms with Crippen LogP contribution in [0.3, 0.4) is 0 Å². The number of likely N-dealkylation sites (tertiary alicyclic amines) is 1. The van der Waals surface area contributed by atoms with Crippen molar-refractivity contribution in [1.29, 1.82) is 0 Å². The van der Waals surface area contributed by atoms with E-state index in [0.29, 0.717) is 0 Å².